The standard InChI is InChI=1S/C27H33N9O3S.C26H29ClN8O.C18H26N6O.C8H4Cl2N2.CH5NO2S.H12P10/c1-40(37,38)32-27-28-20-8-3-2-7-19(20)26(30-27)35-12-5-4-9-22(35)21-17-24-29-23(33-10-6-11-33)18-25(36(24)31-21)34-13-15-39-16-14-34;27-26-28-19-7-2-1-6-18(19)25(30-26)34-11-4-3-8-21(34)20-16-23-29-22(32-9-5-10-32)17-24(35(23)31-20)33-12-14-36-15-13-33;1-2-5-19-14(4-1)15-12-17-20-16(22-6-3-7-22)13-18(24(17)21-15)23-8-10-25-11-9-23;9-7-5-3-1-2-4-6(5)11-8(10)12-7;1-5(2,3)4;1-7(2)10(8(3)4)9(5)6/h2-3,7-8,17-18,22H,4-6,9-16H2,1H3,(H,28,30,32);1-2,6-7,16-17,21H,3-5,8-15H2;12-14,19H,1-11H2;1-4H;1H3,(H2,2,3,4);1-6H2. The number of hydrogen-bond donors (Lipinski definition) is 3. The number of benzene rings is 3. The van der Waals surface area contributed by atoms with Crippen molar-refractivity contribution in [3.8, 4) is 0 Å². The zero-order valence-electron chi connectivity index (χ0n) is 71.4. The van der Waals surface area contributed by atoms with Gasteiger partial charge < -0.3 is 58.7 Å². The Morgan fingerprint density at radius 2 is 0.781 bits per heavy atom. The average molecular weight is 2030 g/mol. The Morgan fingerprint density at radius 1 is 0.414 bits per heavy atom. The van der Waals surface area contributed by atoms with Crippen LogP contribution in [0, 0.1) is 0 Å². The summed E-state index contributed by atoms with van der Waals surface area (Å²) in [4.78, 5) is 59.9. The lowest BCUT2D eigenvalue weighted by Crippen LogP contribution is -2.40. The van der Waals surface area contributed by atoms with Crippen LogP contribution in [0.1, 0.15) is 112 Å². The Morgan fingerprint density at radius 3 is 1.16 bits per heavy atom. The van der Waals surface area contributed by atoms with Gasteiger partial charge in [-0.05, 0) is 165 Å². The summed E-state index contributed by atoms with van der Waals surface area (Å²) in [5.74, 6) is 8.06. The van der Waals surface area contributed by atoms with Gasteiger partial charge in [-0.25, -0.2) is 56.9 Å². The van der Waals surface area contributed by atoms with E-state index in [1.807, 2.05) is 80.3 Å². The predicted molar refractivity (Wildman–Crippen MR) is 548 cm³/mol. The molecule has 4 N–H and O–H groups in total. The van der Waals surface area contributed by atoms with Crippen LogP contribution >= 0.6 is 116 Å². The maximum atomic E-state index is 12.0. The molecule has 0 spiro atoms. The van der Waals surface area contributed by atoms with E-state index < -0.39 is 20.0 Å². The first-order valence-corrected chi connectivity index (χ1v) is 65.1. The summed E-state index contributed by atoms with van der Waals surface area (Å²) >= 11 is 17.8. The number of rotatable bonds is 16. The molecule has 9 unspecified atom stereocenters. The van der Waals surface area contributed by atoms with Crippen molar-refractivity contribution in [2.24, 2.45) is 5.14 Å². The minimum atomic E-state index is -3.54. The number of aromatic nitrogens is 15. The molecule has 9 aromatic heterocycles. The smallest absolute Gasteiger partial charge is 0.239 e. The number of nitrogens with zero attached hydrogens (tertiary/aromatic N) is 23. The van der Waals surface area contributed by atoms with Crippen LogP contribution in [-0.2, 0) is 34.3 Å². The molecule has 128 heavy (non-hydrogen) atoms. The van der Waals surface area contributed by atoms with Crippen molar-refractivity contribution < 1.29 is 31.0 Å². The van der Waals surface area contributed by atoms with E-state index in [1.165, 1.54) is 32.1 Å². The molecule has 0 aliphatic carbocycles. The van der Waals surface area contributed by atoms with Gasteiger partial charge in [0.1, 0.15) is 51.7 Å². The molecular weight excluding hydrogens is 1920 g/mol. The summed E-state index contributed by atoms with van der Waals surface area (Å²) in [5.41, 5.74) is 8.10. The molecule has 684 valence electrons. The fourth-order valence-corrected chi connectivity index (χ4v) is 104. The van der Waals surface area contributed by atoms with E-state index in [1.54, 1.807) is 0 Å². The van der Waals surface area contributed by atoms with E-state index in [2.05, 4.69) is 170 Å². The topological polar surface area (TPSA) is 340 Å². The maximum absolute atomic E-state index is 12.0. The van der Waals surface area contributed by atoms with E-state index in [9.17, 15) is 16.8 Å². The Hall–Kier alpha value is -5.39. The van der Waals surface area contributed by atoms with Crippen molar-refractivity contribution >= 4 is 239 Å². The van der Waals surface area contributed by atoms with Crippen LogP contribution in [0.3, 0.4) is 0 Å². The van der Waals surface area contributed by atoms with Gasteiger partial charge in [0, 0.05) is 144 Å². The summed E-state index contributed by atoms with van der Waals surface area (Å²) in [7, 11) is 11.0. The van der Waals surface area contributed by atoms with E-state index in [0.29, 0.717) is 35.7 Å². The van der Waals surface area contributed by atoms with Crippen LogP contribution < -0.4 is 54.4 Å². The van der Waals surface area contributed by atoms with Gasteiger partial charge in [-0.2, -0.15) is 38.8 Å². The van der Waals surface area contributed by atoms with E-state index in [4.69, 9.17) is 89.2 Å². The number of ether oxygens (including phenoxy) is 3. The summed E-state index contributed by atoms with van der Waals surface area (Å²) in [6, 6.07) is 36.7. The number of morpholine rings is 3. The first kappa shape index (κ1) is 95.8. The molecule has 21 rings (SSSR count). The van der Waals surface area contributed by atoms with Gasteiger partial charge in [0.05, 0.1) is 104 Å². The summed E-state index contributed by atoms with van der Waals surface area (Å²) in [5, 5.41) is 26.8. The minimum absolute atomic E-state index is 0.0372. The van der Waals surface area contributed by atoms with Crippen molar-refractivity contribution in [3.05, 3.63) is 142 Å². The van der Waals surface area contributed by atoms with Gasteiger partial charge in [-0.15, -0.1) is 53.6 Å². The molecule has 0 bridgehead atoms. The van der Waals surface area contributed by atoms with Gasteiger partial charge >= 0.3 is 0 Å². The van der Waals surface area contributed by atoms with Crippen LogP contribution in [0.5, 0.6) is 0 Å². The van der Waals surface area contributed by atoms with Crippen LogP contribution in [0.4, 0.5) is 52.5 Å². The Bertz CT molecular complexity index is 6070. The molecule has 9 aliphatic rings. The first-order chi connectivity index (χ1) is 61.8. The van der Waals surface area contributed by atoms with Crippen LogP contribution in [0.25, 0.3) is 49.7 Å². The Labute approximate surface area is 779 Å². The highest BCUT2D eigenvalue weighted by Gasteiger charge is 2.35. The number of primary sulfonamides is 1. The summed E-state index contributed by atoms with van der Waals surface area (Å²) in [6.07, 6.45) is 15.6. The highest BCUT2D eigenvalue weighted by molar-refractivity contribution is 9.16. The number of fused-ring (bicyclic) bond motifs is 6. The summed E-state index contributed by atoms with van der Waals surface area (Å²) < 4.78 is 68.2. The van der Waals surface area contributed by atoms with Gasteiger partial charge in [0.2, 0.25) is 36.6 Å². The number of anilines is 9. The number of hydrogen-bond acceptors (Lipinski definition) is 28. The molecule has 48 heteroatoms. The van der Waals surface area contributed by atoms with Crippen molar-refractivity contribution in [1.82, 2.24) is 79.0 Å². The van der Waals surface area contributed by atoms with Crippen LogP contribution in [-0.4, -0.2) is 241 Å². The molecule has 9 atom stereocenters. The van der Waals surface area contributed by atoms with E-state index in [-0.39, 0.29) is 56.5 Å². The molecule has 9 fully saturated rings. The molecule has 9 saturated heterocycles. The average Bonchev–Trinajstić information content (AvgIpc) is 1.58. The number of para-hydroxylation sites is 3. The van der Waals surface area contributed by atoms with Gasteiger partial charge in [-0.3, -0.25) is 4.72 Å². The number of piperidine rings is 3. The van der Waals surface area contributed by atoms with Crippen molar-refractivity contribution in [2.75, 3.05) is 194 Å². The largest absolute Gasteiger partial charge is 0.378 e. The highest BCUT2D eigenvalue weighted by Crippen LogP contribution is 3.10. The fourth-order valence-electron chi connectivity index (χ4n) is 16.8. The number of nitrogens with two attached hydrogens (primary N) is 1. The third kappa shape index (κ3) is 23.9. The molecule has 0 radical (unpaired) electrons. The molecule has 3 aromatic carbocycles. The molecule has 12 aromatic rings. The second kappa shape index (κ2) is 44.0. The van der Waals surface area contributed by atoms with E-state index in [0.717, 1.165) is 284 Å². The van der Waals surface area contributed by atoms with Crippen molar-refractivity contribution in [3.63, 3.8) is 0 Å². The molecule has 33 nitrogen and oxygen atoms in total. The van der Waals surface area contributed by atoms with Gasteiger partial charge in [0.15, 0.2) is 16.9 Å². The minimum Gasteiger partial charge on any atom is -0.378 e. The summed E-state index contributed by atoms with van der Waals surface area (Å²) in [6.45, 7) is 19.3. The number of sulfonamides is 2. The first-order valence-electron chi connectivity index (χ1n) is 42.9. The van der Waals surface area contributed by atoms with Crippen LogP contribution in [0.2, 0.25) is 15.7 Å². The number of halogens is 3. The normalized spacial score (nSPS) is 19.4. The lowest BCUT2D eigenvalue weighted by Gasteiger charge is -2.36. The Balaban J connectivity index is 0.000000125. The third-order valence-electron chi connectivity index (χ3n) is 23.3. The molecule has 18 heterocycles. The molecule has 9 aliphatic heterocycles. The molecule has 0 amide bonds. The highest BCUT2D eigenvalue weighted by atomic mass is 35.5. The van der Waals surface area contributed by atoms with Crippen molar-refractivity contribution in [2.45, 2.75) is 95.2 Å². The van der Waals surface area contributed by atoms with E-state index >= 15 is 0 Å². The second-order valence-corrected chi connectivity index (χ2v) is 73.4. The lowest BCUT2D eigenvalue weighted by atomic mass is 9.99. The maximum Gasteiger partial charge on any atom is 0.239 e. The monoisotopic (exact) mass is 2020 g/mol. The molecule has 0 saturated carbocycles. The number of nitrogens with one attached hydrogen (secondary N) is 2. The fraction of sp³-hybridized carbons (Fsp3) is 0.475. The van der Waals surface area contributed by atoms with Crippen LogP contribution in [0.15, 0.2) is 109 Å². The predicted octanol–water partition coefficient (Wildman–Crippen LogP) is 15.8. The Kier molecular flexibility index (Phi) is 32.9. The zero-order chi connectivity index (χ0) is 89.3. The van der Waals surface area contributed by atoms with Gasteiger partial charge in [-0.1, -0.05) is 54.4 Å². The lowest BCUT2D eigenvalue weighted by molar-refractivity contribution is 0.122. The quantitative estimate of drug-likeness (QED) is 0.0459. The zero-order valence-corrected chi connectivity index (χ0v) is 85.8. The molecular formula is C80H109Cl3N26O7P10S2. The van der Waals surface area contributed by atoms with Crippen molar-refractivity contribution in [1.29, 1.82) is 0 Å². The third-order valence-corrected chi connectivity index (χ3v) is 74.0. The SMILES string of the molecule is CS(=O)(=O)Nc1nc(N2CCCCC2c2cc3nc(N4CCC4)cc(N4CCOCC4)n3n2)c2ccccc2n1.CS(N)(=O)=O.Clc1nc(Cl)c2ccccc2n1.Clc1nc(N2CCCCC2c2cc3nc(N4CCC4)cc(N4CCOCC4)n3n2)c2ccccc2n1.PP(P)P(P(P)P)P(P)P.c1c(N2CCC2)nc2cc(C3CCCCN3)nn2c1N1CCOCC1. The van der Waals surface area contributed by atoms with Gasteiger partial charge in [0.25, 0.3) is 0 Å². The second-order valence-electron chi connectivity index (χ2n) is 32.3.